The van der Waals surface area contributed by atoms with Crippen LogP contribution in [0.25, 0.3) is 0 Å². The first-order valence-electron chi connectivity index (χ1n) is 9.06. The Morgan fingerprint density at radius 2 is 1.82 bits per heavy atom. The number of hydrogen-bond acceptors (Lipinski definition) is 2. The average molecular weight is 301 g/mol. The summed E-state index contributed by atoms with van der Waals surface area (Å²) in [5.74, 6) is 0.719. The van der Waals surface area contributed by atoms with Crippen LogP contribution in [0.1, 0.15) is 57.1 Å². The van der Waals surface area contributed by atoms with Gasteiger partial charge in [-0.3, -0.25) is 4.90 Å². The molecule has 0 amide bonds. The lowest BCUT2D eigenvalue weighted by molar-refractivity contribution is -0.0120. The molecule has 22 heavy (non-hydrogen) atoms. The smallest absolute Gasteiger partial charge is 0.0608 e. The van der Waals surface area contributed by atoms with Gasteiger partial charge in [0.25, 0.3) is 0 Å². The van der Waals surface area contributed by atoms with Crippen molar-refractivity contribution in [3.8, 4) is 0 Å². The molecule has 1 aliphatic heterocycles. The number of likely N-dealkylation sites (tertiary alicyclic amines) is 1. The van der Waals surface area contributed by atoms with Crippen LogP contribution in [0.5, 0.6) is 0 Å². The fourth-order valence-corrected chi connectivity index (χ4v) is 4.50. The number of piperidine rings is 1. The first-order valence-corrected chi connectivity index (χ1v) is 9.06. The summed E-state index contributed by atoms with van der Waals surface area (Å²) in [7, 11) is 0. The maximum atomic E-state index is 10.4. The van der Waals surface area contributed by atoms with Crippen LogP contribution in [0, 0.1) is 11.3 Å². The van der Waals surface area contributed by atoms with Crippen molar-refractivity contribution < 1.29 is 5.11 Å². The molecule has 2 atom stereocenters. The van der Waals surface area contributed by atoms with Crippen LogP contribution >= 0.6 is 0 Å². The Morgan fingerprint density at radius 3 is 2.45 bits per heavy atom. The lowest BCUT2D eigenvalue weighted by Crippen LogP contribution is -2.46. The Bertz CT molecular complexity index is 481. The van der Waals surface area contributed by atoms with E-state index in [0.29, 0.717) is 0 Å². The largest absolute Gasteiger partial charge is 0.393 e. The molecule has 1 aliphatic carbocycles. The van der Waals surface area contributed by atoms with Crippen molar-refractivity contribution in [2.24, 2.45) is 11.3 Å². The van der Waals surface area contributed by atoms with Crippen LogP contribution in [0.2, 0.25) is 0 Å². The number of benzene rings is 1. The van der Waals surface area contributed by atoms with Crippen LogP contribution in [0.3, 0.4) is 0 Å². The van der Waals surface area contributed by atoms with Crippen LogP contribution in [-0.2, 0) is 13.0 Å². The van der Waals surface area contributed by atoms with Crippen molar-refractivity contribution >= 4 is 0 Å². The zero-order valence-electron chi connectivity index (χ0n) is 14.2. The molecule has 1 saturated heterocycles. The van der Waals surface area contributed by atoms with Gasteiger partial charge in [-0.2, -0.15) is 0 Å². The number of rotatable bonds is 4. The van der Waals surface area contributed by atoms with E-state index in [9.17, 15) is 5.11 Å². The molecule has 0 bridgehead atoms. The summed E-state index contributed by atoms with van der Waals surface area (Å²) in [5, 5.41) is 10.4. The van der Waals surface area contributed by atoms with Gasteiger partial charge in [-0.15, -0.1) is 0 Å². The number of aliphatic hydroxyl groups is 1. The summed E-state index contributed by atoms with van der Waals surface area (Å²) < 4.78 is 0. The minimum Gasteiger partial charge on any atom is -0.393 e. The molecule has 1 spiro atoms. The number of hydrogen-bond donors (Lipinski definition) is 1. The van der Waals surface area contributed by atoms with Crippen LogP contribution in [0.4, 0.5) is 0 Å². The maximum Gasteiger partial charge on any atom is 0.0608 e. The molecule has 2 aliphatic rings. The fourth-order valence-electron chi connectivity index (χ4n) is 4.50. The van der Waals surface area contributed by atoms with Crippen molar-refractivity contribution in [2.75, 3.05) is 13.1 Å². The summed E-state index contributed by atoms with van der Waals surface area (Å²) in [6.45, 7) is 7.85. The van der Waals surface area contributed by atoms with Gasteiger partial charge in [-0.1, -0.05) is 44.5 Å². The van der Waals surface area contributed by atoms with Gasteiger partial charge < -0.3 is 5.11 Å². The van der Waals surface area contributed by atoms with E-state index >= 15 is 0 Å². The Morgan fingerprint density at radius 1 is 1.14 bits per heavy atom. The minimum atomic E-state index is -0.0660. The van der Waals surface area contributed by atoms with Crippen LogP contribution < -0.4 is 0 Å². The highest BCUT2D eigenvalue weighted by molar-refractivity contribution is 5.23. The summed E-state index contributed by atoms with van der Waals surface area (Å²) >= 11 is 0. The third-order valence-corrected chi connectivity index (χ3v) is 5.62. The highest BCUT2D eigenvalue weighted by atomic mass is 16.3. The summed E-state index contributed by atoms with van der Waals surface area (Å²) in [6.07, 6.45) is 7.00. The Balaban J connectivity index is 1.60. The van der Waals surface area contributed by atoms with Gasteiger partial charge in [0.2, 0.25) is 0 Å². The van der Waals surface area contributed by atoms with E-state index in [2.05, 4.69) is 43.0 Å². The normalized spacial score (nSPS) is 29.5. The van der Waals surface area contributed by atoms with E-state index in [0.717, 1.165) is 25.4 Å². The van der Waals surface area contributed by atoms with Crippen molar-refractivity contribution in [3.05, 3.63) is 35.4 Å². The number of aliphatic hydroxyl groups excluding tert-OH is 1. The van der Waals surface area contributed by atoms with Crippen molar-refractivity contribution in [2.45, 2.75) is 65.0 Å². The van der Waals surface area contributed by atoms with E-state index < -0.39 is 0 Å². The first kappa shape index (κ1) is 16.0. The molecule has 2 nitrogen and oxygen atoms in total. The molecule has 1 N–H and O–H groups in total. The minimum absolute atomic E-state index is 0.0660. The molecular weight excluding hydrogens is 270 g/mol. The van der Waals surface area contributed by atoms with Gasteiger partial charge in [-0.25, -0.2) is 0 Å². The van der Waals surface area contributed by atoms with E-state index in [1.807, 2.05) is 0 Å². The zero-order chi connectivity index (χ0) is 15.6. The average Bonchev–Trinajstić information content (AvgIpc) is 2.81. The van der Waals surface area contributed by atoms with E-state index in [1.165, 1.54) is 49.8 Å². The Hall–Kier alpha value is -0.860. The lowest BCUT2D eigenvalue weighted by atomic mass is 9.76. The van der Waals surface area contributed by atoms with Crippen molar-refractivity contribution in [1.82, 2.24) is 4.90 Å². The molecule has 0 unspecified atom stereocenters. The molecule has 0 aromatic heterocycles. The monoisotopic (exact) mass is 301 g/mol. The topological polar surface area (TPSA) is 23.5 Å². The Kier molecular flexibility index (Phi) is 4.89. The first-order chi connectivity index (χ1) is 10.6. The van der Waals surface area contributed by atoms with Gasteiger partial charge in [0, 0.05) is 18.5 Å². The molecule has 122 valence electrons. The summed E-state index contributed by atoms with van der Waals surface area (Å²) in [5.41, 5.74) is 3.06. The van der Waals surface area contributed by atoms with Gasteiger partial charge in [0.1, 0.15) is 0 Å². The molecule has 1 aromatic carbocycles. The Labute approximate surface area is 135 Å². The number of nitrogens with zero attached hydrogens (tertiary/aromatic N) is 1. The standard InChI is InChI=1S/C20H31NO/c1-16(2)13-17-6-8-18(9-7-17)14-21-12-4-11-20(15-21)10-3-5-19(20)22/h6-9,16,19,22H,3-5,10-15H2,1-2H3/t19-,20+/m1/s1. The van der Waals surface area contributed by atoms with Gasteiger partial charge in [0.15, 0.2) is 0 Å². The third-order valence-electron chi connectivity index (χ3n) is 5.62. The highest BCUT2D eigenvalue weighted by Crippen LogP contribution is 2.45. The lowest BCUT2D eigenvalue weighted by Gasteiger charge is -2.42. The second-order valence-electron chi connectivity index (χ2n) is 8.00. The molecule has 3 rings (SSSR count). The van der Waals surface area contributed by atoms with Crippen molar-refractivity contribution in [1.29, 1.82) is 0 Å². The molecule has 2 heteroatoms. The SMILES string of the molecule is CC(C)Cc1ccc(CN2CCC[C@@]3(CCC[C@H]3O)C2)cc1. The van der Waals surface area contributed by atoms with Gasteiger partial charge in [0.05, 0.1) is 6.10 Å². The van der Waals surface area contributed by atoms with E-state index in [1.54, 1.807) is 0 Å². The summed E-state index contributed by atoms with van der Waals surface area (Å²) in [4.78, 5) is 2.56. The fraction of sp³-hybridized carbons (Fsp3) is 0.700. The second-order valence-corrected chi connectivity index (χ2v) is 8.00. The quantitative estimate of drug-likeness (QED) is 0.908. The third kappa shape index (κ3) is 3.55. The molecular formula is C20H31NO. The summed E-state index contributed by atoms with van der Waals surface area (Å²) in [6, 6.07) is 9.17. The zero-order valence-corrected chi connectivity index (χ0v) is 14.2. The molecule has 1 saturated carbocycles. The second kappa shape index (κ2) is 6.72. The molecule has 0 radical (unpaired) electrons. The predicted molar refractivity (Wildman–Crippen MR) is 91.8 cm³/mol. The van der Waals surface area contributed by atoms with E-state index in [-0.39, 0.29) is 11.5 Å². The highest BCUT2D eigenvalue weighted by Gasteiger charge is 2.44. The molecule has 2 fully saturated rings. The van der Waals surface area contributed by atoms with Crippen LogP contribution in [0.15, 0.2) is 24.3 Å². The molecule has 1 heterocycles. The van der Waals surface area contributed by atoms with Crippen molar-refractivity contribution in [3.63, 3.8) is 0 Å². The van der Waals surface area contributed by atoms with Gasteiger partial charge >= 0.3 is 0 Å². The van der Waals surface area contributed by atoms with E-state index in [4.69, 9.17) is 0 Å². The maximum absolute atomic E-state index is 10.4. The van der Waals surface area contributed by atoms with Gasteiger partial charge in [-0.05, 0) is 55.7 Å². The predicted octanol–water partition coefficient (Wildman–Crippen LogP) is 4.01. The van der Waals surface area contributed by atoms with Crippen LogP contribution in [-0.4, -0.2) is 29.2 Å². The molecule has 1 aromatic rings.